The summed E-state index contributed by atoms with van der Waals surface area (Å²) in [5.41, 5.74) is 2.12. The van der Waals surface area contributed by atoms with E-state index in [2.05, 4.69) is 10.6 Å². The number of anilines is 2. The van der Waals surface area contributed by atoms with Crippen LogP contribution in [-0.4, -0.2) is 25.5 Å². The minimum atomic E-state index is -0.263. The average Bonchev–Trinajstić information content (AvgIpc) is 3.56. The van der Waals surface area contributed by atoms with Crippen LogP contribution < -0.4 is 20.1 Å². The van der Waals surface area contributed by atoms with Gasteiger partial charge in [-0.1, -0.05) is 19.1 Å². The number of benzene rings is 2. The summed E-state index contributed by atoms with van der Waals surface area (Å²) < 4.78 is 11.0. The van der Waals surface area contributed by atoms with Crippen molar-refractivity contribution in [3.8, 4) is 11.5 Å². The molecule has 29 heavy (non-hydrogen) atoms. The summed E-state index contributed by atoms with van der Waals surface area (Å²) >= 11 is 0. The van der Waals surface area contributed by atoms with Crippen molar-refractivity contribution in [3.63, 3.8) is 0 Å². The Bertz CT molecular complexity index is 904. The van der Waals surface area contributed by atoms with Gasteiger partial charge in [-0.05, 0) is 61.2 Å². The van der Waals surface area contributed by atoms with Gasteiger partial charge in [-0.2, -0.15) is 0 Å². The highest BCUT2D eigenvalue weighted by Crippen LogP contribution is 2.30. The first kappa shape index (κ1) is 20.5. The molecule has 0 atom stereocenters. The largest absolute Gasteiger partial charge is 0.493 e. The van der Waals surface area contributed by atoms with Gasteiger partial charge in [0.2, 0.25) is 11.8 Å². The van der Waals surface area contributed by atoms with Gasteiger partial charge in [0.1, 0.15) is 0 Å². The maximum Gasteiger partial charge on any atom is 0.248 e. The molecule has 2 aromatic carbocycles. The maximum atomic E-state index is 12.3. The first-order valence-electron chi connectivity index (χ1n) is 9.80. The number of ether oxygens (including phenoxy) is 2. The summed E-state index contributed by atoms with van der Waals surface area (Å²) in [7, 11) is 1.59. The second-order valence-corrected chi connectivity index (χ2v) is 6.93. The summed E-state index contributed by atoms with van der Waals surface area (Å²) in [6, 6.07) is 12.6. The number of hydrogen-bond acceptors (Lipinski definition) is 4. The monoisotopic (exact) mass is 394 g/mol. The molecule has 0 saturated heterocycles. The number of methoxy groups -OCH3 is 1. The molecule has 0 radical (unpaired) electrons. The summed E-state index contributed by atoms with van der Waals surface area (Å²) in [4.78, 5) is 24.1. The standard InChI is InChI=1S/C23H26N2O4/c1-3-13-29-20-11-7-16(14-21(20)28-2)8-12-22(26)24-18-5-4-6-19(15-18)25-23(27)17-9-10-17/h4-8,11-12,14-15,17H,3,9-10,13H2,1-2H3,(H,24,26)(H,25,27)/b12-8+. The Kier molecular flexibility index (Phi) is 6.89. The highest BCUT2D eigenvalue weighted by atomic mass is 16.5. The fraction of sp³-hybridized carbons (Fsp3) is 0.304. The lowest BCUT2D eigenvalue weighted by molar-refractivity contribution is -0.117. The number of amides is 2. The van der Waals surface area contributed by atoms with Gasteiger partial charge in [-0.3, -0.25) is 9.59 Å². The van der Waals surface area contributed by atoms with E-state index in [1.54, 1.807) is 37.5 Å². The van der Waals surface area contributed by atoms with Crippen LogP contribution in [0, 0.1) is 5.92 Å². The number of carbonyl (C=O) groups excluding carboxylic acids is 2. The highest BCUT2D eigenvalue weighted by molar-refractivity contribution is 6.02. The van der Waals surface area contributed by atoms with Gasteiger partial charge in [0.05, 0.1) is 13.7 Å². The van der Waals surface area contributed by atoms with Crippen molar-refractivity contribution in [2.24, 2.45) is 5.92 Å². The van der Waals surface area contributed by atoms with E-state index in [0.717, 1.165) is 24.8 Å². The molecule has 0 unspecified atom stereocenters. The Morgan fingerprint density at radius 1 is 1.07 bits per heavy atom. The van der Waals surface area contributed by atoms with Crippen LogP contribution in [0.2, 0.25) is 0 Å². The molecule has 0 heterocycles. The summed E-state index contributed by atoms with van der Waals surface area (Å²) in [5, 5.41) is 5.68. The molecule has 1 fully saturated rings. The zero-order chi connectivity index (χ0) is 20.6. The SMILES string of the molecule is CCCOc1ccc(/C=C/C(=O)Nc2cccc(NC(=O)C3CC3)c2)cc1OC. The number of rotatable bonds is 9. The smallest absolute Gasteiger partial charge is 0.248 e. The normalized spacial score (nSPS) is 13.2. The van der Waals surface area contributed by atoms with E-state index in [1.807, 2.05) is 25.1 Å². The number of hydrogen-bond donors (Lipinski definition) is 2. The third kappa shape index (κ3) is 6.10. The van der Waals surface area contributed by atoms with Crippen LogP contribution >= 0.6 is 0 Å². The fourth-order valence-electron chi connectivity index (χ4n) is 2.74. The molecule has 0 spiro atoms. The molecule has 0 aromatic heterocycles. The Morgan fingerprint density at radius 3 is 2.52 bits per heavy atom. The Labute approximate surface area is 170 Å². The summed E-state index contributed by atoms with van der Waals surface area (Å²) in [5.74, 6) is 1.21. The van der Waals surface area contributed by atoms with E-state index in [4.69, 9.17) is 9.47 Å². The Morgan fingerprint density at radius 2 is 1.83 bits per heavy atom. The van der Waals surface area contributed by atoms with E-state index in [1.165, 1.54) is 6.08 Å². The number of carbonyl (C=O) groups is 2. The van der Waals surface area contributed by atoms with Crippen LogP contribution in [0.1, 0.15) is 31.7 Å². The maximum absolute atomic E-state index is 12.3. The van der Waals surface area contributed by atoms with E-state index in [0.29, 0.717) is 29.5 Å². The third-order valence-corrected chi connectivity index (χ3v) is 4.42. The summed E-state index contributed by atoms with van der Waals surface area (Å²) in [6.45, 7) is 2.66. The van der Waals surface area contributed by atoms with E-state index < -0.39 is 0 Å². The van der Waals surface area contributed by atoms with Crippen LogP contribution in [0.4, 0.5) is 11.4 Å². The van der Waals surface area contributed by atoms with Crippen molar-refractivity contribution in [2.75, 3.05) is 24.4 Å². The minimum absolute atomic E-state index is 0.0358. The van der Waals surface area contributed by atoms with E-state index in [9.17, 15) is 9.59 Å². The fourth-order valence-corrected chi connectivity index (χ4v) is 2.74. The van der Waals surface area contributed by atoms with Gasteiger partial charge in [0, 0.05) is 23.4 Å². The molecule has 152 valence electrons. The van der Waals surface area contributed by atoms with Crippen molar-refractivity contribution >= 4 is 29.3 Å². The molecule has 1 aliphatic carbocycles. The van der Waals surface area contributed by atoms with Gasteiger partial charge in [-0.15, -0.1) is 0 Å². The van der Waals surface area contributed by atoms with Crippen molar-refractivity contribution < 1.29 is 19.1 Å². The van der Waals surface area contributed by atoms with E-state index >= 15 is 0 Å². The van der Waals surface area contributed by atoms with Gasteiger partial charge in [-0.25, -0.2) is 0 Å². The molecule has 3 rings (SSSR count). The minimum Gasteiger partial charge on any atom is -0.493 e. The second-order valence-electron chi connectivity index (χ2n) is 6.93. The predicted molar refractivity (Wildman–Crippen MR) is 114 cm³/mol. The van der Waals surface area contributed by atoms with Crippen LogP contribution in [-0.2, 0) is 9.59 Å². The zero-order valence-corrected chi connectivity index (χ0v) is 16.7. The Hall–Kier alpha value is -3.28. The number of nitrogens with one attached hydrogen (secondary N) is 2. The molecule has 6 nitrogen and oxygen atoms in total. The lowest BCUT2D eigenvalue weighted by Gasteiger charge is -2.10. The topological polar surface area (TPSA) is 76.7 Å². The molecular formula is C23H26N2O4. The highest BCUT2D eigenvalue weighted by Gasteiger charge is 2.29. The van der Waals surface area contributed by atoms with Gasteiger partial charge in [0.25, 0.3) is 0 Å². The molecule has 2 N–H and O–H groups in total. The van der Waals surface area contributed by atoms with Gasteiger partial charge < -0.3 is 20.1 Å². The van der Waals surface area contributed by atoms with Gasteiger partial charge >= 0.3 is 0 Å². The van der Waals surface area contributed by atoms with Crippen molar-refractivity contribution in [1.82, 2.24) is 0 Å². The molecule has 1 aliphatic rings. The lowest BCUT2D eigenvalue weighted by atomic mass is 10.2. The quantitative estimate of drug-likeness (QED) is 0.615. The van der Waals surface area contributed by atoms with Crippen molar-refractivity contribution in [3.05, 3.63) is 54.1 Å². The van der Waals surface area contributed by atoms with Crippen LogP contribution in [0.3, 0.4) is 0 Å². The molecule has 0 aliphatic heterocycles. The molecular weight excluding hydrogens is 368 g/mol. The van der Waals surface area contributed by atoms with Crippen molar-refractivity contribution in [2.45, 2.75) is 26.2 Å². The molecule has 1 saturated carbocycles. The molecule has 2 aromatic rings. The predicted octanol–water partition coefficient (Wildman–Crippen LogP) is 4.48. The van der Waals surface area contributed by atoms with Crippen LogP contribution in [0.5, 0.6) is 11.5 Å². The summed E-state index contributed by atoms with van der Waals surface area (Å²) in [6.07, 6.45) is 5.97. The molecule has 0 bridgehead atoms. The van der Waals surface area contributed by atoms with Crippen LogP contribution in [0.15, 0.2) is 48.5 Å². The Balaban J connectivity index is 1.60. The lowest BCUT2D eigenvalue weighted by Crippen LogP contribution is -2.14. The van der Waals surface area contributed by atoms with Crippen molar-refractivity contribution in [1.29, 1.82) is 0 Å². The van der Waals surface area contributed by atoms with Gasteiger partial charge in [0.15, 0.2) is 11.5 Å². The first-order chi connectivity index (χ1) is 14.1. The van der Waals surface area contributed by atoms with Crippen LogP contribution in [0.25, 0.3) is 6.08 Å². The first-order valence-corrected chi connectivity index (χ1v) is 9.80. The second kappa shape index (κ2) is 9.78. The average molecular weight is 394 g/mol. The third-order valence-electron chi connectivity index (χ3n) is 4.42. The molecule has 6 heteroatoms. The molecule has 2 amide bonds. The zero-order valence-electron chi connectivity index (χ0n) is 16.7. The van der Waals surface area contributed by atoms with E-state index in [-0.39, 0.29) is 17.7 Å².